The number of halogens is 2. The Labute approximate surface area is 210 Å². The van der Waals surface area contributed by atoms with Crippen LogP contribution in [0.5, 0.6) is 5.75 Å². The number of ether oxygens (including phenoxy) is 1. The van der Waals surface area contributed by atoms with Crippen molar-refractivity contribution in [3.05, 3.63) is 116 Å². The van der Waals surface area contributed by atoms with E-state index < -0.39 is 17.5 Å². The zero-order chi connectivity index (χ0) is 24.9. The van der Waals surface area contributed by atoms with E-state index in [0.29, 0.717) is 21.0 Å². The van der Waals surface area contributed by atoms with E-state index in [9.17, 15) is 14.4 Å². The molecule has 1 N–H and O–H groups in total. The Morgan fingerprint density at radius 1 is 1.00 bits per heavy atom. The number of carbonyl (C=O) groups excluding carboxylic acids is 2. The minimum atomic E-state index is -0.795. The highest BCUT2D eigenvalue weighted by Crippen LogP contribution is 2.23. The summed E-state index contributed by atoms with van der Waals surface area (Å²) in [6.45, 7) is 1.83. The molecule has 176 valence electrons. The van der Waals surface area contributed by atoms with Gasteiger partial charge in [-0.15, -0.1) is 0 Å². The highest BCUT2D eigenvalue weighted by atomic mass is 35.5. The molecule has 1 aromatic heterocycles. The van der Waals surface area contributed by atoms with Crippen LogP contribution in [0, 0.1) is 0 Å². The van der Waals surface area contributed by atoms with Crippen LogP contribution in [0.3, 0.4) is 0 Å². The van der Waals surface area contributed by atoms with E-state index in [4.69, 9.17) is 32.4 Å². The summed E-state index contributed by atoms with van der Waals surface area (Å²) in [5.41, 5.74) is 0.774. The van der Waals surface area contributed by atoms with Crippen molar-refractivity contribution in [2.45, 2.75) is 13.0 Å². The number of esters is 1. The van der Waals surface area contributed by atoms with Crippen LogP contribution in [0.4, 0.5) is 0 Å². The van der Waals surface area contributed by atoms with Gasteiger partial charge >= 0.3 is 11.6 Å². The molecular weight excluding hydrogens is 489 g/mol. The van der Waals surface area contributed by atoms with Crippen molar-refractivity contribution in [3.63, 3.8) is 0 Å². The number of amides is 1. The van der Waals surface area contributed by atoms with Crippen molar-refractivity contribution in [3.8, 4) is 5.75 Å². The number of hydrogen-bond donors (Lipinski definition) is 1. The van der Waals surface area contributed by atoms with Crippen LogP contribution in [-0.4, -0.2) is 11.9 Å². The molecule has 0 aliphatic heterocycles. The van der Waals surface area contributed by atoms with Gasteiger partial charge in [0.15, 0.2) is 0 Å². The number of rotatable bonds is 6. The van der Waals surface area contributed by atoms with Gasteiger partial charge in [-0.1, -0.05) is 59.6 Å². The fourth-order valence-corrected chi connectivity index (χ4v) is 3.83. The lowest BCUT2D eigenvalue weighted by Gasteiger charge is -2.14. The minimum Gasteiger partial charge on any atom is -0.423 e. The van der Waals surface area contributed by atoms with Crippen LogP contribution in [0.25, 0.3) is 17.0 Å². The highest BCUT2D eigenvalue weighted by Gasteiger charge is 2.17. The predicted octanol–water partition coefficient (Wildman–Crippen LogP) is 6.21. The third kappa shape index (κ3) is 5.98. The molecule has 4 aromatic rings. The third-order valence-corrected chi connectivity index (χ3v) is 5.74. The van der Waals surface area contributed by atoms with E-state index in [1.165, 1.54) is 30.4 Å². The zero-order valence-electron chi connectivity index (χ0n) is 18.5. The molecule has 0 bridgehead atoms. The molecule has 0 spiro atoms. The molecule has 6 nitrogen and oxygen atoms in total. The van der Waals surface area contributed by atoms with E-state index in [1.807, 2.05) is 37.3 Å². The normalized spacial score (nSPS) is 12.0. The average Bonchev–Trinajstić information content (AvgIpc) is 2.83. The second-order valence-corrected chi connectivity index (χ2v) is 8.52. The van der Waals surface area contributed by atoms with Crippen LogP contribution in [-0.2, 0) is 4.79 Å². The van der Waals surface area contributed by atoms with E-state index in [-0.39, 0.29) is 22.9 Å². The van der Waals surface area contributed by atoms with Crippen molar-refractivity contribution < 1.29 is 18.7 Å². The number of nitrogens with one attached hydrogen (secondary N) is 1. The second-order valence-electron chi connectivity index (χ2n) is 7.67. The van der Waals surface area contributed by atoms with E-state index in [2.05, 4.69) is 5.32 Å². The van der Waals surface area contributed by atoms with Crippen LogP contribution in [0.2, 0.25) is 10.0 Å². The molecule has 0 saturated carbocycles. The maximum absolute atomic E-state index is 12.7. The van der Waals surface area contributed by atoms with Crippen molar-refractivity contribution in [2.24, 2.45) is 0 Å². The Morgan fingerprint density at radius 2 is 1.77 bits per heavy atom. The van der Waals surface area contributed by atoms with Crippen molar-refractivity contribution in [2.75, 3.05) is 0 Å². The molecule has 0 saturated heterocycles. The number of benzene rings is 3. The second kappa shape index (κ2) is 10.6. The van der Waals surface area contributed by atoms with Crippen LogP contribution >= 0.6 is 23.2 Å². The Bertz CT molecular complexity index is 1490. The van der Waals surface area contributed by atoms with Gasteiger partial charge in [-0.05, 0) is 54.5 Å². The molecule has 4 rings (SSSR count). The van der Waals surface area contributed by atoms with Crippen LogP contribution in [0.1, 0.15) is 34.5 Å². The first-order valence-electron chi connectivity index (χ1n) is 10.6. The molecule has 0 radical (unpaired) electrons. The van der Waals surface area contributed by atoms with Crippen LogP contribution in [0.15, 0.2) is 88.1 Å². The standard InChI is InChI=1S/C27H19Cl2NO5/c1-16(17-5-3-2-4-6-17)30-26(32)22-13-19-8-11-21(15-24(19)35-27(22)33)34-25(31)12-9-18-7-10-20(28)14-23(18)29/h2-16H,1H3,(H,30,32)/b12-9+. The van der Waals surface area contributed by atoms with Gasteiger partial charge in [0.25, 0.3) is 5.91 Å². The van der Waals surface area contributed by atoms with Gasteiger partial charge in [-0.2, -0.15) is 0 Å². The van der Waals surface area contributed by atoms with Gasteiger partial charge in [-0.3, -0.25) is 4.79 Å². The SMILES string of the molecule is CC(NC(=O)c1cc2ccc(OC(=O)/C=C/c3ccc(Cl)cc3Cl)cc2oc1=O)c1ccccc1. The summed E-state index contributed by atoms with van der Waals surface area (Å²) in [5, 5.41) is 4.18. The van der Waals surface area contributed by atoms with E-state index in [0.717, 1.165) is 5.56 Å². The van der Waals surface area contributed by atoms with Gasteiger partial charge in [-0.25, -0.2) is 9.59 Å². The predicted molar refractivity (Wildman–Crippen MR) is 136 cm³/mol. The quantitative estimate of drug-likeness (QED) is 0.145. The fraction of sp³-hybridized carbons (Fsp3) is 0.0741. The maximum Gasteiger partial charge on any atom is 0.349 e. The minimum absolute atomic E-state index is 0.118. The molecule has 3 aromatic carbocycles. The Morgan fingerprint density at radius 3 is 2.51 bits per heavy atom. The largest absolute Gasteiger partial charge is 0.423 e. The van der Waals surface area contributed by atoms with Gasteiger partial charge in [0.2, 0.25) is 0 Å². The molecule has 8 heteroatoms. The first-order valence-corrected chi connectivity index (χ1v) is 11.3. The van der Waals surface area contributed by atoms with E-state index >= 15 is 0 Å². The molecular formula is C27H19Cl2NO5. The number of carbonyl (C=O) groups is 2. The smallest absolute Gasteiger partial charge is 0.349 e. The lowest BCUT2D eigenvalue weighted by Crippen LogP contribution is -2.30. The van der Waals surface area contributed by atoms with Gasteiger partial charge < -0.3 is 14.5 Å². The molecule has 0 aliphatic rings. The molecule has 1 heterocycles. The number of fused-ring (bicyclic) bond motifs is 1. The molecule has 1 amide bonds. The Hall–Kier alpha value is -3.87. The van der Waals surface area contributed by atoms with Crippen molar-refractivity contribution in [1.29, 1.82) is 0 Å². The Balaban J connectivity index is 1.48. The van der Waals surface area contributed by atoms with Gasteiger partial charge in [0, 0.05) is 27.6 Å². The monoisotopic (exact) mass is 507 g/mol. The summed E-state index contributed by atoms with van der Waals surface area (Å²) >= 11 is 12.0. The molecule has 0 aliphatic carbocycles. The summed E-state index contributed by atoms with van der Waals surface area (Å²) in [7, 11) is 0. The summed E-state index contributed by atoms with van der Waals surface area (Å²) < 4.78 is 10.6. The maximum atomic E-state index is 12.7. The topological polar surface area (TPSA) is 85.6 Å². The van der Waals surface area contributed by atoms with Crippen molar-refractivity contribution >= 4 is 52.1 Å². The summed E-state index contributed by atoms with van der Waals surface area (Å²) in [6, 6.07) is 20.0. The molecule has 35 heavy (non-hydrogen) atoms. The number of hydrogen-bond acceptors (Lipinski definition) is 5. The highest BCUT2D eigenvalue weighted by molar-refractivity contribution is 6.35. The van der Waals surface area contributed by atoms with Gasteiger partial charge in [0.05, 0.1) is 6.04 Å². The Kier molecular flexibility index (Phi) is 7.34. The fourth-order valence-electron chi connectivity index (χ4n) is 3.36. The summed E-state index contributed by atoms with van der Waals surface area (Å²) in [4.78, 5) is 37.4. The molecule has 1 atom stereocenters. The van der Waals surface area contributed by atoms with Gasteiger partial charge in [0.1, 0.15) is 16.9 Å². The van der Waals surface area contributed by atoms with Crippen LogP contribution < -0.4 is 15.7 Å². The molecule has 0 fully saturated rings. The van der Waals surface area contributed by atoms with E-state index in [1.54, 1.807) is 24.3 Å². The lowest BCUT2D eigenvalue weighted by atomic mass is 10.1. The summed E-state index contributed by atoms with van der Waals surface area (Å²) in [6.07, 6.45) is 2.72. The zero-order valence-corrected chi connectivity index (χ0v) is 20.0. The molecule has 1 unspecified atom stereocenters. The first-order chi connectivity index (χ1) is 16.8. The average molecular weight is 508 g/mol. The first kappa shape index (κ1) is 24.3. The van der Waals surface area contributed by atoms with Crippen molar-refractivity contribution in [1.82, 2.24) is 5.32 Å². The summed E-state index contributed by atoms with van der Waals surface area (Å²) in [5.74, 6) is -1.02. The third-order valence-electron chi connectivity index (χ3n) is 5.18. The lowest BCUT2D eigenvalue weighted by molar-refractivity contribution is -0.128.